The van der Waals surface area contributed by atoms with Crippen molar-refractivity contribution in [3.05, 3.63) is 11.9 Å². The predicted octanol–water partition coefficient (Wildman–Crippen LogP) is 2.78. The van der Waals surface area contributed by atoms with Crippen LogP contribution in [0, 0.1) is 0 Å². The Morgan fingerprint density at radius 2 is 1.85 bits per heavy atom. The number of anilines is 2. The van der Waals surface area contributed by atoms with E-state index in [0.717, 1.165) is 30.5 Å². The molecule has 0 aliphatic rings. The van der Waals surface area contributed by atoms with Crippen molar-refractivity contribution in [2.75, 3.05) is 37.8 Å². The molecule has 0 radical (unpaired) electrons. The van der Waals surface area contributed by atoms with Gasteiger partial charge in [0.05, 0.1) is 0 Å². The van der Waals surface area contributed by atoms with Crippen LogP contribution in [0.4, 0.5) is 11.6 Å². The second kappa shape index (κ2) is 8.04. The molecular formula is C15H29N5. The van der Waals surface area contributed by atoms with Crippen molar-refractivity contribution in [3.63, 3.8) is 0 Å². The number of likely N-dealkylation sites (N-methyl/N-ethyl adjacent to an activating group) is 1. The maximum absolute atomic E-state index is 4.56. The Hall–Kier alpha value is -1.36. The summed E-state index contributed by atoms with van der Waals surface area (Å²) in [5, 5.41) is 6.48. The molecule has 0 aliphatic carbocycles. The van der Waals surface area contributed by atoms with E-state index in [0.29, 0.717) is 12.0 Å². The molecular weight excluding hydrogens is 250 g/mol. The molecule has 1 atom stereocenters. The van der Waals surface area contributed by atoms with Crippen molar-refractivity contribution in [1.29, 1.82) is 0 Å². The Morgan fingerprint density at radius 1 is 1.20 bits per heavy atom. The first kappa shape index (κ1) is 16.7. The van der Waals surface area contributed by atoms with E-state index >= 15 is 0 Å². The number of hydrogen-bond donors (Lipinski definition) is 2. The van der Waals surface area contributed by atoms with Gasteiger partial charge >= 0.3 is 0 Å². The summed E-state index contributed by atoms with van der Waals surface area (Å²) in [6, 6.07) is 2.57. The summed E-state index contributed by atoms with van der Waals surface area (Å²) in [4.78, 5) is 11.4. The second-order valence-corrected chi connectivity index (χ2v) is 5.57. The van der Waals surface area contributed by atoms with E-state index in [4.69, 9.17) is 0 Å². The largest absolute Gasteiger partial charge is 0.373 e. The Bertz CT molecular complexity index is 405. The van der Waals surface area contributed by atoms with Gasteiger partial charge in [-0.1, -0.05) is 20.8 Å². The van der Waals surface area contributed by atoms with Crippen LogP contribution in [0.3, 0.4) is 0 Å². The number of rotatable bonds is 8. The summed E-state index contributed by atoms with van der Waals surface area (Å²) < 4.78 is 0. The van der Waals surface area contributed by atoms with E-state index in [-0.39, 0.29) is 0 Å². The summed E-state index contributed by atoms with van der Waals surface area (Å²) in [6.45, 7) is 10.6. The summed E-state index contributed by atoms with van der Waals surface area (Å²) in [6.07, 6.45) is 1.17. The zero-order valence-electron chi connectivity index (χ0n) is 13.7. The van der Waals surface area contributed by atoms with E-state index in [2.05, 4.69) is 60.2 Å². The highest BCUT2D eigenvalue weighted by Gasteiger charge is 2.09. The number of nitrogens with one attached hydrogen (secondary N) is 2. The topological polar surface area (TPSA) is 53.1 Å². The lowest BCUT2D eigenvalue weighted by molar-refractivity contribution is 0.261. The first-order valence-corrected chi connectivity index (χ1v) is 7.48. The maximum Gasteiger partial charge on any atom is 0.135 e. The lowest BCUT2D eigenvalue weighted by atomic mass is 10.2. The molecule has 0 saturated heterocycles. The molecule has 0 bridgehead atoms. The van der Waals surface area contributed by atoms with Gasteiger partial charge in [-0.2, -0.15) is 0 Å². The van der Waals surface area contributed by atoms with Crippen molar-refractivity contribution < 1.29 is 0 Å². The number of hydrogen-bond acceptors (Lipinski definition) is 5. The van der Waals surface area contributed by atoms with Gasteiger partial charge in [-0.15, -0.1) is 0 Å². The lowest BCUT2D eigenvalue weighted by Crippen LogP contribution is -2.32. The third-order valence-corrected chi connectivity index (χ3v) is 3.63. The van der Waals surface area contributed by atoms with Crippen molar-refractivity contribution in [3.8, 4) is 0 Å². The van der Waals surface area contributed by atoms with Crippen LogP contribution in [0.15, 0.2) is 6.07 Å². The minimum Gasteiger partial charge on any atom is -0.373 e. The first-order chi connectivity index (χ1) is 9.47. The van der Waals surface area contributed by atoms with Crippen LogP contribution in [-0.4, -0.2) is 48.1 Å². The monoisotopic (exact) mass is 279 g/mol. The number of aromatic nitrogens is 2. The molecule has 1 rings (SSSR count). The predicted molar refractivity (Wildman–Crippen MR) is 86.5 cm³/mol. The van der Waals surface area contributed by atoms with Gasteiger partial charge in [-0.25, -0.2) is 9.97 Å². The zero-order chi connectivity index (χ0) is 15.1. The average Bonchev–Trinajstić information content (AvgIpc) is 2.45. The van der Waals surface area contributed by atoms with E-state index in [1.165, 1.54) is 6.42 Å². The fourth-order valence-electron chi connectivity index (χ4n) is 1.84. The van der Waals surface area contributed by atoms with Gasteiger partial charge in [0.25, 0.3) is 0 Å². The molecule has 1 unspecified atom stereocenters. The first-order valence-electron chi connectivity index (χ1n) is 7.48. The zero-order valence-corrected chi connectivity index (χ0v) is 13.7. The third kappa shape index (κ3) is 4.96. The summed E-state index contributed by atoms with van der Waals surface area (Å²) >= 11 is 0. The molecule has 2 N–H and O–H groups in total. The molecule has 20 heavy (non-hydrogen) atoms. The highest BCUT2D eigenvalue weighted by Crippen LogP contribution is 2.16. The van der Waals surface area contributed by atoms with E-state index in [9.17, 15) is 0 Å². The second-order valence-electron chi connectivity index (χ2n) is 5.57. The Morgan fingerprint density at radius 3 is 2.40 bits per heavy atom. The van der Waals surface area contributed by atoms with Crippen molar-refractivity contribution in [2.45, 2.75) is 46.1 Å². The molecule has 1 heterocycles. The van der Waals surface area contributed by atoms with E-state index in [1.807, 2.05) is 13.1 Å². The molecule has 1 aromatic heterocycles. The molecule has 0 fully saturated rings. The fraction of sp³-hybridized carbons (Fsp3) is 0.733. The molecule has 114 valence electrons. The van der Waals surface area contributed by atoms with Gasteiger partial charge in [0.2, 0.25) is 0 Å². The standard InChI is InChI=1S/C15H29N5/c1-7-12(4)20(6)9-8-17-14-10-13(16-5)18-15(19-14)11(2)3/h10-12H,7-9H2,1-6H3,(H2,16,17,18,19). The van der Waals surface area contributed by atoms with E-state index < -0.39 is 0 Å². The van der Waals surface area contributed by atoms with Crippen LogP contribution in [0.2, 0.25) is 0 Å². The number of nitrogens with zero attached hydrogens (tertiary/aromatic N) is 3. The van der Waals surface area contributed by atoms with Crippen LogP contribution >= 0.6 is 0 Å². The van der Waals surface area contributed by atoms with Crippen LogP contribution in [0.1, 0.15) is 45.9 Å². The van der Waals surface area contributed by atoms with Crippen molar-refractivity contribution in [1.82, 2.24) is 14.9 Å². The Balaban J connectivity index is 2.61. The van der Waals surface area contributed by atoms with Crippen molar-refractivity contribution >= 4 is 11.6 Å². The molecule has 1 aromatic rings. The van der Waals surface area contributed by atoms with Crippen LogP contribution < -0.4 is 10.6 Å². The SMILES string of the molecule is CCC(C)N(C)CCNc1cc(NC)nc(C(C)C)n1. The van der Waals surface area contributed by atoms with Gasteiger partial charge in [0, 0.05) is 38.2 Å². The molecule has 0 amide bonds. The highest BCUT2D eigenvalue weighted by atomic mass is 15.1. The van der Waals surface area contributed by atoms with Gasteiger partial charge in [0.15, 0.2) is 0 Å². The van der Waals surface area contributed by atoms with Gasteiger partial charge < -0.3 is 15.5 Å². The Kier molecular flexibility index (Phi) is 6.71. The Labute approximate surface area is 123 Å². The molecule has 5 nitrogen and oxygen atoms in total. The molecule has 0 spiro atoms. The van der Waals surface area contributed by atoms with Crippen LogP contribution in [0.5, 0.6) is 0 Å². The minimum atomic E-state index is 0.326. The quantitative estimate of drug-likeness (QED) is 0.766. The smallest absolute Gasteiger partial charge is 0.135 e. The molecule has 0 aliphatic heterocycles. The van der Waals surface area contributed by atoms with Crippen LogP contribution in [0.25, 0.3) is 0 Å². The normalized spacial score (nSPS) is 12.8. The van der Waals surface area contributed by atoms with Crippen LogP contribution in [-0.2, 0) is 0 Å². The average molecular weight is 279 g/mol. The minimum absolute atomic E-state index is 0.326. The molecule has 0 aromatic carbocycles. The highest BCUT2D eigenvalue weighted by molar-refractivity contribution is 5.47. The summed E-state index contributed by atoms with van der Waals surface area (Å²) in [5.74, 6) is 2.95. The van der Waals surface area contributed by atoms with Gasteiger partial charge in [-0.3, -0.25) is 0 Å². The third-order valence-electron chi connectivity index (χ3n) is 3.63. The van der Waals surface area contributed by atoms with Crippen molar-refractivity contribution in [2.24, 2.45) is 0 Å². The summed E-state index contributed by atoms with van der Waals surface area (Å²) in [7, 11) is 4.04. The summed E-state index contributed by atoms with van der Waals surface area (Å²) in [5.41, 5.74) is 0. The van der Waals surface area contributed by atoms with E-state index in [1.54, 1.807) is 0 Å². The van der Waals surface area contributed by atoms with Gasteiger partial charge in [0.1, 0.15) is 17.5 Å². The van der Waals surface area contributed by atoms with Gasteiger partial charge in [-0.05, 0) is 20.4 Å². The fourth-order valence-corrected chi connectivity index (χ4v) is 1.84. The maximum atomic E-state index is 4.56. The lowest BCUT2D eigenvalue weighted by Gasteiger charge is -2.23. The molecule has 5 heteroatoms. The molecule has 0 saturated carbocycles.